The number of benzene rings is 1. The largest absolute Gasteiger partial charge is 0.496 e. The van der Waals surface area contributed by atoms with E-state index >= 15 is 0 Å². The molecule has 5 heteroatoms. The molecule has 1 aromatic rings. The number of ketones is 1. The van der Waals surface area contributed by atoms with Gasteiger partial charge in [-0.1, -0.05) is 59.9 Å². The van der Waals surface area contributed by atoms with E-state index in [2.05, 4.69) is 47.8 Å². The Morgan fingerprint density at radius 2 is 1.86 bits per heavy atom. The van der Waals surface area contributed by atoms with Gasteiger partial charge in [0, 0.05) is 0 Å². The van der Waals surface area contributed by atoms with E-state index < -0.39 is 2.14 Å². The molecule has 14 heavy (non-hydrogen) atoms. The maximum atomic E-state index is 11.8. The number of hydrogen-bond acceptors (Lipinski definition) is 2. The molecule has 2 nitrogen and oxygen atoms in total. The average Bonchev–Trinajstić information content (AvgIpc) is 2.15. The topological polar surface area (TPSA) is 26.3 Å². The molecule has 0 aliphatic carbocycles. The minimum atomic E-state index is -0.929. The van der Waals surface area contributed by atoms with E-state index in [1.54, 1.807) is 18.2 Å². The summed E-state index contributed by atoms with van der Waals surface area (Å²) in [6.07, 6.45) is 0. The lowest BCUT2D eigenvalue weighted by Gasteiger charge is -2.13. The number of ether oxygens (including phenoxy) is 1. The first-order chi connectivity index (χ1) is 6.46. The van der Waals surface area contributed by atoms with Gasteiger partial charge in [-0.2, -0.15) is 0 Å². The fraction of sp³-hybridized carbons (Fsp3) is 0.222. The monoisotopic (exact) mass is 384 g/mol. The second-order valence-electron chi connectivity index (χ2n) is 2.53. The average molecular weight is 387 g/mol. The van der Waals surface area contributed by atoms with E-state index in [4.69, 9.17) is 4.74 Å². The smallest absolute Gasteiger partial charge is 0.204 e. The summed E-state index contributed by atoms with van der Waals surface area (Å²) in [6.45, 7) is 0. The van der Waals surface area contributed by atoms with Gasteiger partial charge in [0.05, 0.1) is 12.7 Å². The van der Waals surface area contributed by atoms with Gasteiger partial charge in [0.25, 0.3) is 0 Å². The van der Waals surface area contributed by atoms with E-state index in [0.717, 1.165) is 0 Å². The Bertz CT molecular complexity index is 344. The zero-order chi connectivity index (χ0) is 10.8. The van der Waals surface area contributed by atoms with E-state index in [0.29, 0.717) is 11.3 Å². The van der Waals surface area contributed by atoms with Gasteiger partial charge >= 0.3 is 0 Å². The van der Waals surface area contributed by atoms with Gasteiger partial charge in [-0.05, 0) is 12.1 Å². The molecule has 0 saturated carbocycles. The number of para-hydroxylation sites is 1. The van der Waals surface area contributed by atoms with Gasteiger partial charge in [-0.25, -0.2) is 0 Å². The quantitative estimate of drug-likeness (QED) is 0.572. The lowest BCUT2D eigenvalue weighted by molar-refractivity contribution is 0.100. The zero-order valence-electron chi connectivity index (χ0n) is 7.26. The van der Waals surface area contributed by atoms with Crippen LogP contribution in [0.5, 0.6) is 5.75 Å². The second kappa shape index (κ2) is 4.77. The van der Waals surface area contributed by atoms with Crippen LogP contribution in [0, 0.1) is 0 Å². The third kappa shape index (κ3) is 2.81. The van der Waals surface area contributed by atoms with E-state index in [1.807, 2.05) is 6.07 Å². The molecule has 0 aliphatic heterocycles. The number of alkyl halides is 3. The van der Waals surface area contributed by atoms with Crippen LogP contribution in [0.15, 0.2) is 24.3 Å². The van der Waals surface area contributed by atoms with Gasteiger partial charge < -0.3 is 4.74 Å². The fourth-order valence-electron chi connectivity index (χ4n) is 0.985. The molecule has 0 amide bonds. The number of carbonyl (C=O) groups is 1. The first-order valence-corrected chi connectivity index (χ1v) is 6.09. The molecule has 0 fully saturated rings. The van der Waals surface area contributed by atoms with Crippen molar-refractivity contribution in [1.82, 2.24) is 0 Å². The minimum Gasteiger partial charge on any atom is -0.496 e. The van der Waals surface area contributed by atoms with Crippen molar-refractivity contribution in [3.63, 3.8) is 0 Å². The van der Waals surface area contributed by atoms with Crippen molar-refractivity contribution >= 4 is 53.6 Å². The maximum absolute atomic E-state index is 11.8. The number of halogens is 3. The van der Waals surface area contributed by atoms with Crippen LogP contribution >= 0.6 is 47.8 Å². The SMILES string of the molecule is COc1ccccc1C(=O)C(Br)(Br)Br. The number of hydrogen-bond donors (Lipinski definition) is 0. The molecule has 76 valence electrons. The molecule has 0 heterocycles. The van der Waals surface area contributed by atoms with Gasteiger partial charge in [0.2, 0.25) is 5.78 Å². The number of Topliss-reactive ketones (excluding diaryl/α,β-unsaturated/α-hetero) is 1. The van der Waals surface area contributed by atoms with Crippen molar-refractivity contribution in [1.29, 1.82) is 0 Å². The Morgan fingerprint density at radius 3 is 2.36 bits per heavy atom. The van der Waals surface area contributed by atoms with Crippen LogP contribution in [0.25, 0.3) is 0 Å². The van der Waals surface area contributed by atoms with Crippen LogP contribution in [0.4, 0.5) is 0 Å². The Hall–Kier alpha value is 0.130. The summed E-state index contributed by atoms with van der Waals surface area (Å²) in [5, 5.41) is 0. The molecule has 0 N–H and O–H groups in total. The summed E-state index contributed by atoms with van der Waals surface area (Å²) in [5.74, 6) is 0.412. The van der Waals surface area contributed by atoms with Crippen molar-refractivity contribution in [2.75, 3.05) is 7.11 Å². The van der Waals surface area contributed by atoms with Crippen LogP contribution in [0.1, 0.15) is 10.4 Å². The maximum Gasteiger partial charge on any atom is 0.204 e. The van der Waals surface area contributed by atoms with Gasteiger partial charge in [0.15, 0.2) is 2.14 Å². The Balaban J connectivity index is 3.13. The van der Waals surface area contributed by atoms with Crippen molar-refractivity contribution in [3.8, 4) is 5.75 Å². The standard InChI is InChI=1S/C9H7Br3O2/c1-14-7-5-3-2-4-6(7)8(13)9(10,11)12/h2-5H,1H3. The third-order valence-electron chi connectivity index (χ3n) is 1.61. The van der Waals surface area contributed by atoms with Crippen molar-refractivity contribution < 1.29 is 9.53 Å². The summed E-state index contributed by atoms with van der Waals surface area (Å²) < 4.78 is 4.15. The predicted octanol–water partition coefficient (Wildman–Crippen LogP) is 3.72. The normalized spacial score (nSPS) is 11.1. The number of methoxy groups -OCH3 is 1. The second-order valence-corrected chi connectivity index (χ2v) is 9.29. The lowest BCUT2D eigenvalue weighted by atomic mass is 10.1. The van der Waals surface area contributed by atoms with Gasteiger partial charge in [-0.15, -0.1) is 0 Å². The first-order valence-electron chi connectivity index (χ1n) is 3.71. The molecule has 0 spiro atoms. The van der Waals surface area contributed by atoms with E-state index in [1.165, 1.54) is 7.11 Å². The highest BCUT2D eigenvalue weighted by Crippen LogP contribution is 2.38. The summed E-state index contributed by atoms with van der Waals surface area (Å²) in [7, 11) is 1.53. The molecule has 0 unspecified atom stereocenters. The summed E-state index contributed by atoms with van der Waals surface area (Å²) >= 11 is 9.52. The highest BCUT2D eigenvalue weighted by molar-refractivity contribution is 9.40. The van der Waals surface area contributed by atoms with Crippen LogP contribution in [0.2, 0.25) is 0 Å². The van der Waals surface area contributed by atoms with Crippen molar-refractivity contribution in [2.45, 2.75) is 2.14 Å². The van der Waals surface area contributed by atoms with E-state index in [9.17, 15) is 4.79 Å². The Labute approximate surface area is 107 Å². The third-order valence-corrected chi connectivity index (χ3v) is 2.69. The zero-order valence-corrected chi connectivity index (χ0v) is 12.0. The fourth-order valence-corrected chi connectivity index (χ4v) is 1.63. The van der Waals surface area contributed by atoms with Crippen LogP contribution in [0.3, 0.4) is 0 Å². The first kappa shape index (κ1) is 12.2. The van der Waals surface area contributed by atoms with Crippen molar-refractivity contribution in [2.24, 2.45) is 0 Å². The highest BCUT2D eigenvalue weighted by atomic mass is 80.0. The molecular weight excluding hydrogens is 380 g/mol. The molecule has 0 aliphatic rings. The number of carbonyl (C=O) groups excluding carboxylic acids is 1. The van der Waals surface area contributed by atoms with Gasteiger partial charge in [-0.3, -0.25) is 4.79 Å². The highest BCUT2D eigenvalue weighted by Gasteiger charge is 2.31. The number of rotatable bonds is 2. The minimum absolute atomic E-state index is 0.144. The summed E-state index contributed by atoms with van der Waals surface area (Å²) in [6, 6.07) is 7.05. The molecule has 0 radical (unpaired) electrons. The molecular formula is C9H7Br3O2. The van der Waals surface area contributed by atoms with Crippen molar-refractivity contribution in [3.05, 3.63) is 29.8 Å². The van der Waals surface area contributed by atoms with Crippen LogP contribution in [-0.2, 0) is 0 Å². The molecule has 1 aromatic carbocycles. The Kier molecular flexibility index (Phi) is 4.15. The molecule has 0 aromatic heterocycles. The van der Waals surface area contributed by atoms with Crippen LogP contribution < -0.4 is 4.74 Å². The summed E-state index contributed by atoms with van der Waals surface area (Å²) in [5.41, 5.74) is 0.514. The molecule has 1 rings (SSSR count). The van der Waals surface area contributed by atoms with Gasteiger partial charge in [0.1, 0.15) is 5.75 Å². The van der Waals surface area contributed by atoms with E-state index in [-0.39, 0.29) is 5.78 Å². The van der Waals surface area contributed by atoms with Crippen LogP contribution in [-0.4, -0.2) is 15.0 Å². The summed E-state index contributed by atoms with van der Waals surface area (Å²) in [4.78, 5) is 11.8. The predicted molar refractivity (Wildman–Crippen MR) is 66.8 cm³/mol. The molecule has 0 bridgehead atoms. The molecule has 0 saturated heterocycles. The lowest BCUT2D eigenvalue weighted by Crippen LogP contribution is -2.17. The Morgan fingerprint density at radius 1 is 1.29 bits per heavy atom. The molecule has 0 atom stereocenters.